The van der Waals surface area contributed by atoms with Crippen molar-refractivity contribution in [2.75, 3.05) is 6.54 Å². The lowest BCUT2D eigenvalue weighted by atomic mass is 9.85. The molecule has 0 aliphatic heterocycles. The molecule has 1 aliphatic rings. The van der Waals surface area contributed by atoms with Crippen LogP contribution in [0.3, 0.4) is 0 Å². The number of hydrogen-bond acceptors (Lipinski definition) is 3. The van der Waals surface area contributed by atoms with Crippen molar-refractivity contribution in [1.29, 1.82) is 0 Å². The lowest BCUT2D eigenvalue weighted by Crippen LogP contribution is -2.33. The molecule has 0 spiro atoms. The van der Waals surface area contributed by atoms with Gasteiger partial charge in [-0.2, -0.15) is 0 Å². The fourth-order valence-electron chi connectivity index (χ4n) is 1.65. The van der Waals surface area contributed by atoms with Gasteiger partial charge in [0.15, 0.2) is 0 Å². The minimum atomic E-state index is 0.0716. The Hall–Kier alpha value is -0.610. The van der Waals surface area contributed by atoms with Crippen molar-refractivity contribution in [2.24, 2.45) is 5.92 Å². The highest BCUT2D eigenvalue weighted by atomic mass is 35.5. The molecule has 5 heteroatoms. The topological polar surface area (TPSA) is 42.0 Å². The molecule has 0 radical (unpaired) electrons. The molecule has 1 heterocycles. The van der Waals surface area contributed by atoms with E-state index in [2.05, 4.69) is 10.3 Å². The van der Waals surface area contributed by atoms with Crippen LogP contribution < -0.4 is 5.32 Å². The lowest BCUT2D eigenvalue weighted by Gasteiger charge is -2.25. The largest absolute Gasteiger partial charge is 0.355 e. The number of halogens is 1. The van der Waals surface area contributed by atoms with Gasteiger partial charge in [-0.1, -0.05) is 6.42 Å². The molecule has 2 rings (SSSR count). The first-order valence-corrected chi connectivity index (χ1v) is 6.95. The summed E-state index contributed by atoms with van der Waals surface area (Å²) in [6, 6.07) is 0. The zero-order valence-electron chi connectivity index (χ0n) is 9.04. The predicted molar refractivity (Wildman–Crippen MR) is 65.7 cm³/mol. The number of thiazole rings is 1. The zero-order chi connectivity index (χ0) is 11.4. The number of hydrogen-bond donors (Lipinski definition) is 1. The quantitative estimate of drug-likeness (QED) is 0.824. The fourth-order valence-corrected chi connectivity index (χ4v) is 2.67. The Bertz CT molecular complexity index is 363. The number of alkyl halides is 1. The van der Waals surface area contributed by atoms with E-state index in [0.29, 0.717) is 18.2 Å². The van der Waals surface area contributed by atoms with E-state index in [-0.39, 0.29) is 5.91 Å². The summed E-state index contributed by atoms with van der Waals surface area (Å²) >= 11 is 7.15. The molecule has 0 atom stereocenters. The van der Waals surface area contributed by atoms with Crippen LogP contribution in [0.4, 0.5) is 0 Å². The van der Waals surface area contributed by atoms with E-state index < -0.39 is 0 Å². The van der Waals surface area contributed by atoms with Crippen molar-refractivity contribution in [3.8, 4) is 0 Å². The van der Waals surface area contributed by atoms with E-state index in [4.69, 9.17) is 11.6 Å². The Morgan fingerprint density at radius 2 is 2.44 bits per heavy atom. The van der Waals surface area contributed by atoms with Gasteiger partial charge in [-0.3, -0.25) is 4.79 Å². The SMILES string of the molecule is O=C(Cc1nc(CCl)cs1)NCC1CCC1. The van der Waals surface area contributed by atoms with E-state index in [0.717, 1.165) is 17.2 Å². The van der Waals surface area contributed by atoms with Crippen LogP contribution in [-0.2, 0) is 17.1 Å². The minimum absolute atomic E-state index is 0.0716. The average molecular weight is 259 g/mol. The Morgan fingerprint density at radius 3 is 3.00 bits per heavy atom. The maximum absolute atomic E-state index is 11.6. The summed E-state index contributed by atoms with van der Waals surface area (Å²) in [4.78, 5) is 15.8. The minimum Gasteiger partial charge on any atom is -0.355 e. The van der Waals surface area contributed by atoms with E-state index in [1.165, 1.54) is 30.6 Å². The number of carbonyl (C=O) groups is 1. The third kappa shape index (κ3) is 3.19. The monoisotopic (exact) mass is 258 g/mol. The Labute approximate surface area is 104 Å². The zero-order valence-corrected chi connectivity index (χ0v) is 10.6. The van der Waals surface area contributed by atoms with Crippen molar-refractivity contribution >= 4 is 28.8 Å². The molecule has 88 valence electrons. The highest BCUT2D eigenvalue weighted by molar-refractivity contribution is 7.09. The van der Waals surface area contributed by atoms with Gasteiger partial charge in [0, 0.05) is 11.9 Å². The number of rotatable bonds is 5. The van der Waals surface area contributed by atoms with E-state index in [9.17, 15) is 4.79 Å². The summed E-state index contributed by atoms with van der Waals surface area (Å²) in [5, 5.41) is 5.71. The van der Waals surface area contributed by atoms with Crippen molar-refractivity contribution in [3.05, 3.63) is 16.1 Å². The summed E-state index contributed by atoms with van der Waals surface area (Å²) in [6.07, 6.45) is 4.21. The van der Waals surface area contributed by atoms with Gasteiger partial charge in [0.25, 0.3) is 0 Å². The molecule has 1 amide bonds. The summed E-state index contributed by atoms with van der Waals surface area (Å²) in [6.45, 7) is 0.826. The molecule has 3 nitrogen and oxygen atoms in total. The summed E-state index contributed by atoms with van der Waals surface area (Å²) in [5.41, 5.74) is 0.855. The third-order valence-electron chi connectivity index (χ3n) is 2.86. The third-order valence-corrected chi connectivity index (χ3v) is 4.03. The normalized spacial score (nSPS) is 15.8. The second kappa shape index (κ2) is 5.64. The van der Waals surface area contributed by atoms with Gasteiger partial charge in [0.2, 0.25) is 5.91 Å². The van der Waals surface area contributed by atoms with Gasteiger partial charge in [-0.25, -0.2) is 4.98 Å². The van der Waals surface area contributed by atoms with Gasteiger partial charge in [-0.15, -0.1) is 22.9 Å². The molecule has 0 bridgehead atoms. The number of aromatic nitrogens is 1. The lowest BCUT2D eigenvalue weighted by molar-refractivity contribution is -0.120. The van der Waals surface area contributed by atoms with E-state index >= 15 is 0 Å². The first-order chi connectivity index (χ1) is 7.78. The van der Waals surface area contributed by atoms with Crippen LogP contribution >= 0.6 is 22.9 Å². The molecule has 1 aromatic heterocycles. The number of nitrogens with zero attached hydrogens (tertiary/aromatic N) is 1. The molecule has 1 aromatic rings. The Kier molecular flexibility index (Phi) is 4.18. The van der Waals surface area contributed by atoms with Crippen LogP contribution in [0.1, 0.15) is 30.0 Å². The second-order valence-electron chi connectivity index (χ2n) is 4.14. The van der Waals surface area contributed by atoms with Crippen LogP contribution in [0.2, 0.25) is 0 Å². The van der Waals surface area contributed by atoms with Crippen LogP contribution in [-0.4, -0.2) is 17.4 Å². The maximum atomic E-state index is 11.6. The number of nitrogens with one attached hydrogen (secondary N) is 1. The molecule has 16 heavy (non-hydrogen) atoms. The summed E-state index contributed by atoms with van der Waals surface area (Å²) in [5.74, 6) is 1.20. The average Bonchev–Trinajstić information content (AvgIpc) is 2.63. The molecule has 0 unspecified atom stereocenters. The van der Waals surface area contributed by atoms with Crippen LogP contribution in [0.5, 0.6) is 0 Å². The fraction of sp³-hybridized carbons (Fsp3) is 0.636. The Balaban J connectivity index is 1.73. The van der Waals surface area contributed by atoms with Crippen molar-refractivity contribution in [3.63, 3.8) is 0 Å². The first-order valence-electron chi connectivity index (χ1n) is 5.54. The van der Waals surface area contributed by atoms with Gasteiger partial charge in [0.1, 0.15) is 5.01 Å². The van der Waals surface area contributed by atoms with Crippen LogP contribution in [0.25, 0.3) is 0 Å². The molecule has 1 saturated carbocycles. The summed E-state index contributed by atoms with van der Waals surface area (Å²) < 4.78 is 0. The standard InChI is InChI=1S/C11H15ClN2OS/c12-5-9-7-16-11(14-9)4-10(15)13-6-8-2-1-3-8/h7-8H,1-6H2,(H,13,15). The van der Waals surface area contributed by atoms with Crippen molar-refractivity contribution < 1.29 is 4.79 Å². The second-order valence-corrected chi connectivity index (χ2v) is 5.35. The van der Waals surface area contributed by atoms with Gasteiger partial charge in [0.05, 0.1) is 18.0 Å². The molecule has 1 N–H and O–H groups in total. The molecule has 0 saturated heterocycles. The van der Waals surface area contributed by atoms with Gasteiger partial charge < -0.3 is 5.32 Å². The van der Waals surface area contributed by atoms with E-state index in [1.54, 1.807) is 0 Å². The predicted octanol–water partition coefficient (Wildman–Crippen LogP) is 2.34. The summed E-state index contributed by atoms with van der Waals surface area (Å²) in [7, 11) is 0. The van der Waals surface area contributed by atoms with Gasteiger partial charge >= 0.3 is 0 Å². The van der Waals surface area contributed by atoms with Crippen LogP contribution in [0.15, 0.2) is 5.38 Å². The number of amides is 1. The first kappa shape index (κ1) is 11.9. The van der Waals surface area contributed by atoms with Crippen molar-refractivity contribution in [2.45, 2.75) is 31.6 Å². The maximum Gasteiger partial charge on any atom is 0.226 e. The Morgan fingerprint density at radius 1 is 1.62 bits per heavy atom. The molecule has 0 aromatic carbocycles. The van der Waals surface area contributed by atoms with Crippen molar-refractivity contribution in [1.82, 2.24) is 10.3 Å². The molecule has 1 aliphatic carbocycles. The van der Waals surface area contributed by atoms with Crippen LogP contribution in [0, 0.1) is 5.92 Å². The molecule has 1 fully saturated rings. The molecular weight excluding hydrogens is 244 g/mol. The molecular formula is C11H15ClN2OS. The highest BCUT2D eigenvalue weighted by Gasteiger charge is 2.18. The van der Waals surface area contributed by atoms with Gasteiger partial charge in [-0.05, 0) is 18.8 Å². The number of carbonyl (C=O) groups excluding carboxylic acids is 1. The highest BCUT2D eigenvalue weighted by Crippen LogP contribution is 2.25. The smallest absolute Gasteiger partial charge is 0.226 e. The van der Waals surface area contributed by atoms with E-state index in [1.807, 2.05) is 5.38 Å².